The van der Waals surface area contributed by atoms with Crippen molar-refractivity contribution in [3.63, 3.8) is 0 Å². The predicted octanol–water partition coefficient (Wildman–Crippen LogP) is 3.94. The number of amides is 2. The largest absolute Gasteiger partial charge is 0.371 e. The Hall–Kier alpha value is -2.64. The summed E-state index contributed by atoms with van der Waals surface area (Å²) in [5.41, 5.74) is 1.14. The van der Waals surface area contributed by atoms with E-state index in [0.29, 0.717) is 43.3 Å². The van der Waals surface area contributed by atoms with E-state index < -0.39 is 4.92 Å². The van der Waals surface area contributed by atoms with Gasteiger partial charge in [-0.2, -0.15) is 0 Å². The van der Waals surface area contributed by atoms with Crippen LogP contribution < -0.4 is 4.90 Å². The van der Waals surface area contributed by atoms with E-state index in [2.05, 4.69) is 18.7 Å². The van der Waals surface area contributed by atoms with Crippen LogP contribution in [-0.2, 0) is 4.79 Å². The van der Waals surface area contributed by atoms with Crippen molar-refractivity contribution in [2.75, 3.05) is 44.2 Å². The Labute approximate surface area is 196 Å². The van der Waals surface area contributed by atoms with E-state index in [9.17, 15) is 19.7 Å². The van der Waals surface area contributed by atoms with E-state index in [4.69, 9.17) is 0 Å². The Bertz CT molecular complexity index is 888. The maximum atomic E-state index is 13.5. The van der Waals surface area contributed by atoms with Crippen LogP contribution >= 0.6 is 0 Å². The molecule has 0 radical (unpaired) electrons. The zero-order valence-electron chi connectivity index (χ0n) is 19.9. The SMILES string of the molecule is CC1CCN(c2ccc([N+](=O)[O-])cc2C(=O)N2CCC(C(=O)N3CCCC(C)C3)CC2)CC1. The van der Waals surface area contributed by atoms with Crippen LogP contribution in [0, 0.1) is 27.9 Å². The second-order valence-corrected chi connectivity index (χ2v) is 10.2. The molecule has 33 heavy (non-hydrogen) atoms. The summed E-state index contributed by atoms with van der Waals surface area (Å²) in [5.74, 6) is 1.23. The van der Waals surface area contributed by atoms with Gasteiger partial charge >= 0.3 is 0 Å². The summed E-state index contributed by atoms with van der Waals surface area (Å²) < 4.78 is 0. The van der Waals surface area contributed by atoms with Gasteiger partial charge in [-0.05, 0) is 56.4 Å². The standard InChI is InChI=1S/C25H36N4O4/c1-18-7-12-26(13-8-18)23-6-5-21(29(32)33)16-22(23)25(31)27-14-9-20(10-15-27)24(30)28-11-3-4-19(2)17-28/h5-6,16,18-20H,3-4,7-15,17H2,1-2H3. The molecule has 1 atom stereocenters. The van der Waals surface area contributed by atoms with Crippen molar-refractivity contribution in [2.24, 2.45) is 17.8 Å². The minimum Gasteiger partial charge on any atom is -0.371 e. The number of nitro groups is 1. The number of carbonyl (C=O) groups excluding carboxylic acids is 2. The fourth-order valence-electron chi connectivity index (χ4n) is 5.48. The van der Waals surface area contributed by atoms with E-state index in [-0.39, 0.29) is 23.4 Å². The van der Waals surface area contributed by atoms with Gasteiger partial charge in [0, 0.05) is 57.3 Å². The molecular formula is C25H36N4O4. The summed E-state index contributed by atoms with van der Waals surface area (Å²) in [7, 11) is 0. The van der Waals surface area contributed by atoms with Crippen molar-refractivity contribution in [2.45, 2.75) is 52.4 Å². The molecule has 3 saturated heterocycles. The summed E-state index contributed by atoms with van der Waals surface area (Å²) >= 11 is 0. The molecule has 0 saturated carbocycles. The molecule has 1 aromatic carbocycles. The number of nitrogens with zero attached hydrogens (tertiary/aromatic N) is 4. The molecule has 3 fully saturated rings. The number of nitro benzene ring substituents is 1. The highest BCUT2D eigenvalue weighted by molar-refractivity contribution is 6.00. The van der Waals surface area contributed by atoms with E-state index in [0.717, 1.165) is 51.1 Å². The van der Waals surface area contributed by atoms with E-state index in [1.54, 1.807) is 11.0 Å². The smallest absolute Gasteiger partial charge is 0.270 e. The van der Waals surface area contributed by atoms with Gasteiger partial charge in [0.1, 0.15) is 0 Å². The lowest BCUT2D eigenvalue weighted by Gasteiger charge is -2.38. The topological polar surface area (TPSA) is 87.0 Å². The highest BCUT2D eigenvalue weighted by Crippen LogP contribution is 2.32. The molecule has 2 amide bonds. The van der Waals surface area contributed by atoms with E-state index in [1.807, 2.05) is 4.90 Å². The maximum Gasteiger partial charge on any atom is 0.270 e. The van der Waals surface area contributed by atoms with Crippen LogP contribution in [-0.4, -0.2) is 65.8 Å². The first-order chi connectivity index (χ1) is 15.8. The Morgan fingerprint density at radius 2 is 1.61 bits per heavy atom. The van der Waals surface area contributed by atoms with Gasteiger partial charge in [-0.15, -0.1) is 0 Å². The number of rotatable bonds is 4. The van der Waals surface area contributed by atoms with Crippen LogP contribution in [0.15, 0.2) is 18.2 Å². The van der Waals surface area contributed by atoms with Crippen LogP contribution in [0.3, 0.4) is 0 Å². The predicted molar refractivity (Wildman–Crippen MR) is 127 cm³/mol. The van der Waals surface area contributed by atoms with Gasteiger partial charge in [-0.25, -0.2) is 0 Å². The molecule has 0 aliphatic carbocycles. The summed E-state index contributed by atoms with van der Waals surface area (Å²) in [6.07, 6.45) is 5.65. The number of hydrogen-bond acceptors (Lipinski definition) is 5. The lowest BCUT2D eigenvalue weighted by Crippen LogP contribution is -2.47. The Balaban J connectivity index is 1.46. The molecule has 0 aromatic heterocycles. The van der Waals surface area contributed by atoms with Gasteiger partial charge in [0.15, 0.2) is 0 Å². The molecule has 3 aliphatic heterocycles. The molecule has 0 spiro atoms. The van der Waals surface area contributed by atoms with Crippen molar-refractivity contribution in [3.05, 3.63) is 33.9 Å². The number of piperidine rings is 3. The molecule has 1 unspecified atom stereocenters. The lowest BCUT2D eigenvalue weighted by atomic mass is 9.92. The minimum absolute atomic E-state index is 0.0347. The van der Waals surface area contributed by atoms with Gasteiger partial charge in [0.05, 0.1) is 16.2 Å². The molecule has 0 N–H and O–H groups in total. The average Bonchev–Trinajstić information content (AvgIpc) is 2.83. The summed E-state index contributed by atoms with van der Waals surface area (Å²) in [6.45, 7) is 8.83. The van der Waals surface area contributed by atoms with Gasteiger partial charge in [0.25, 0.3) is 11.6 Å². The normalized spacial score (nSPS) is 23.0. The number of benzene rings is 1. The highest BCUT2D eigenvalue weighted by Gasteiger charge is 2.33. The zero-order chi connectivity index (χ0) is 23.5. The number of anilines is 1. The van der Waals surface area contributed by atoms with E-state index >= 15 is 0 Å². The van der Waals surface area contributed by atoms with Gasteiger partial charge in [0.2, 0.25) is 5.91 Å². The first kappa shape index (κ1) is 23.5. The zero-order valence-corrected chi connectivity index (χ0v) is 19.9. The first-order valence-corrected chi connectivity index (χ1v) is 12.4. The van der Waals surface area contributed by atoms with E-state index in [1.165, 1.54) is 18.6 Å². The molecule has 0 bridgehead atoms. The number of carbonyl (C=O) groups is 2. The Morgan fingerprint density at radius 1 is 0.909 bits per heavy atom. The average molecular weight is 457 g/mol. The van der Waals surface area contributed by atoms with Gasteiger partial charge in [-0.1, -0.05) is 13.8 Å². The fourth-order valence-corrected chi connectivity index (χ4v) is 5.48. The second kappa shape index (κ2) is 10.1. The molecule has 4 rings (SSSR count). The van der Waals surface area contributed by atoms with Crippen molar-refractivity contribution in [3.8, 4) is 0 Å². The van der Waals surface area contributed by atoms with Crippen molar-refractivity contribution in [1.82, 2.24) is 9.80 Å². The van der Waals surface area contributed by atoms with Crippen LogP contribution in [0.1, 0.15) is 62.7 Å². The lowest BCUT2D eigenvalue weighted by molar-refractivity contribution is -0.384. The Kier molecular flexibility index (Phi) is 7.20. The van der Waals surface area contributed by atoms with Crippen LogP contribution in [0.25, 0.3) is 0 Å². The van der Waals surface area contributed by atoms with Crippen molar-refractivity contribution < 1.29 is 14.5 Å². The number of hydrogen-bond donors (Lipinski definition) is 0. The summed E-state index contributed by atoms with van der Waals surface area (Å²) in [5, 5.41) is 11.4. The molecule has 8 nitrogen and oxygen atoms in total. The third-order valence-corrected chi connectivity index (χ3v) is 7.65. The number of likely N-dealkylation sites (tertiary alicyclic amines) is 2. The monoisotopic (exact) mass is 456 g/mol. The van der Waals surface area contributed by atoms with Crippen molar-refractivity contribution >= 4 is 23.2 Å². The molecule has 3 aliphatic rings. The Morgan fingerprint density at radius 3 is 2.24 bits per heavy atom. The minimum atomic E-state index is -0.441. The third-order valence-electron chi connectivity index (χ3n) is 7.65. The second-order valence-electron chi connectivity index (χ2n) is 10.2. The highest BCUT2D eigenvalue weighted by atomic mass is 16.6. The third kappa shape index (κ3) is 5.31. The molecule has 3 heterocycles. The molecular weight excluding hydrogens is 420 g/mol. The first-order valence-electron chi connectivity index (χ1n) is 12.4. The molecule has 8 heteroatoms. The molecule has 1 aromatic rings. The van der Waals surface area contributed by atoms with Crippen LogP contribution in [0.5, 0.6) is 0 Å². The van der Waals surface area contributed by atoms with Crippen LogP contribution in [0.4, 0.5) is 11.4 Å². The quantitative estimate of drug-likeness (QED) is 0.506. The fraction of sp³-hybridized carbons (Fsp3) is 0.680. The summed E-state index contributed by atoms with van der Waals surface area (Å²) in [4.78, 5) is 43.4. The van der Waals surface area contributed by atoms with Crippen molar-refractivity contribution in [1.29, 1.82) is 0 Å². The van der Waals surface area contributed by atoms with Crippen LogP contribution in [0.2, 0.25) is 0 Å². The maximum absolute atomic E-state index is 13.5. The molecule has 180 valence electrons. The summed E-state index contributed by atoms with van der Waals surface area (Å²) in [6, 6.07) is 4.66. The number of non-ortho nitro benzene ring substituents is 1. The van der Waals surface area contributed by atoms with Gasteiger partial charge in [-0.3, -0.25) is 19.7 Å². The van der Waals surface area contributed by atoms with Gasteiger partial charge < -0.3 is 14.7 Å².